The summed E-state index contributed by atoms with van der Waals surface area (Å²) in [6, 6.07) is 0. The molecule has 0 aliphatic carbocycles. The number of hydrogen-bond acceptors (Lipinski definition) is 0. The zero-order valence-electron chi connectivity index (χ0n) is 3.02. The maximum atomic E-state index is 7.17. The predicted octanol–water partition coefficient (Wildman–Crippen LogP) is 0.570. The van der Waals surface area contributed by atoms with Crippen molar-refractivity contribution in [1.82, 2.24) is 0 Å². The van der Waals surface area contributed by atoms with E-state index in [0.29, 0.717) is 0 Å². The zero-order valence-corrected chi connectivity index (χ0v) is 15.1. The molecule has 0 radical (unpaired) electrons. The van der Waals surface area contributed by atoms with Crippen molar-refractivity contribution in [2.24, 2.45) is 0 Å². The Kier molecular flexibility index (Phi) is 103. The third kappa shape index (κ3) is 21.7. The zero-order chi connectivity index (χ0) is 4.00. The van der Waals surface area contributed by atoms with Crippen LogP contribution >= 0.6 is 0 Å². The second-order valence-electron chi connectivity index (χ2n) is 0. The van der Waals surface area contributed by atoms with Crippen LogP contribution in [0, 0.1) is 0 Å². The molecule has 0 rings (SSSR count). The molecule has 0 N–H and O–H groups in total. The second-order valence-corrected chi connectivity index (χ2v) is 0. The molecule has 0 atom stereocenters. The van der Waals surface area contributed by atoms with Crippen LogP contribution in [0.25, 0.3) is 6.31 Å². The summed E-state index contributed by atoms with van der Waals surface area (Å²) < 4.78 is 14.3. The van der Waals surface area contributed by atoms with E-state index in [0.717, 1.165) is 0 Å². The van der Waals surface area contributed by atoms with E-state index in [1.54, 1.807) is 0 Å². The van der Waals surface area contributed by atoms with E-state index in [2.05, 4.69) is 0 Å². The van der Waals surface area contributed by atoms with Crippen molar-refractivity contribution >= 4 is 0 Å². The minimum atomic E-state index is 0. The quantitative estimate of drug-likeness (QED) is 0.564. The Morgan fingerprint density at radius 1 is 0.800 bits per heavy atom. The monoisotopic (exact) mass is 370 g/mol. The molecule has 0 fully saturated rings. The molecule has 2 nitrogen and oxygen atoms in total. The Morgan fingerprint density at radius 2 is 0.800 bits per heavy atom. The summed E-state index contributed by atoms with van der Waals surface area (Å²) in [5, 5.41) is 0. The third-order valence-corrected chi connectivity index (χ3v) is 0. The van der Waals surface area contributed by atoms with E-state index < -0.39 is 0 Å². The van der Waals surface area contributed by atoms with Gasteiger partial charge < -0.3 is 0 Å². The first-order valence-corrected chi connectivity index (χ1v) is 4.24. The molecule has 0 bridgehead atoms. The van der Waals surface area contributed by atoms with Gasteiger partial charge in [0.2, 0.25) is 0 Å². The fraction of sp³-hybridized carbons (Fsp3) is 0. The van der Waals surface area contributed by atoms with Crippen molar-refractivity contribution in [3.63, 3.8) is 0 Å². The molecule has 0 aliphatic rings. The van der Waals surface area contributed by atoms with Crippen molar-refractivity contribution in [2.75, 3.05) is 0 Å². The summed E-state index contributed by atoms with van der Waals surface area (Å²) in [6.07, 6.45) is 0. The average molecular weight is 365 g/mol. The summed E-state index contributed by atoms with van der Waals surface area (Å²) >= 11 is 0.300. The molecule has 5 heteroatoms. The Balaban J connectivity index is -0.0000000133. The molecule has 0 spiro atoms. The molecular formula is Cd3N2. The van der Waals surface area contributed by atoms with Gasteiger partial charge in [0.1, 0.15) is 0 Å². The van der Waals surface area contributed by atoms with Crippen LogP contribution in [0.5, 0.6) is 0 Å². The van der Waals surface area contributed by atoms with E-state index in [4.69, 9.17) is 6.31 Å². The molecule has 0 amide bonds. The van der Waals surface area contributed by atoms with Crippen LogP contribution in [0.1, 0.15) is 0 Å². The molecular weight excluding hydrogens is 365 g/mol. The van der Waals surface area contributed by atoms with Crippen molar-refractivity contribution in [1.29, 1.82) is 0 Å². The number of rotatable bonds is 0. The van der Waals surface area contributed by atoms with Gasteiger partial charge in [-0.3, -0.25) is 0 Å². The van der Waals surface area contributed by atoms with Gasteiger partial charge >= 0.3 is 84.8 Å². The van der Waals surface area contributed by atoms with E-state index in [-0.39, 0.29) is 78.5 Å². The van der Waals surface area contributed by atoms with Crippen LogP contribution < -0.4 is 0 Å². The number of hydrogen-bond donors (Lipinski definition) is 0. The summed E-state index contributed by atoms with van der Waals surface area (Å²) in [4.78, 5) is 0. The van der Waals surface area contributed by atoms with Gasteiger partial charge in [0, 0.05) is 0 Å². The van der Waals surface area contributed by atoms with E-state index in [9.17, 15) is 0 Å². The Morgan fingerprint density at radius 3 is 0.800 bits per heavy atom. The second kappa shape index (κ2) is 32.7. The fourth-order valence-corrected chi connectivity index (χ4v) is 0. The van der Waals surface area contributed by atoms with E-state index in [1.807, 2.05) is 0 Å². The van der Waals surface area contributed by atoms with Gasteiger partial charge in [-0.1, -0.05) is 0 Å². The molecule has 0 aromatic carbocycles. The normalized spacial score (nSPS) is 2.40. The van der Waals surface area contributed by atoms with Crippen LogP contribution in [-0.4, -0.2) is 0 Å². The van der Waals surface area contributed by atoms with Gasteiger partial charge in [0.05, 0.1) is 0 Å². The van der Waals surface area contributed by atoms with Gasteiger partial charge in [-0.2, -0.15) is 0 Å². The molecule has 0 aromatic rings. The van der Waals surface area contributed by atoms with Crippen molar-refractivity contribution in [2.45, 2.75) is 0 Å². The topological polar surface area (TPSA) is 44.6 Å². The summed E-state index contributed by atoms with van der Waals surface area (Å²) in [5.41, 5.74) is 0. The molecule has 0 saturated heterocycles. The van der Waals surface area contributed by atoms with E-state index in [1.165, 1.54) is 0 Å². The van der Waals surface area contributed by atoms with Crippen LogP contribution in [0.2, 0.25) is 0 Å². The maximum absolute atomic E-state index is 7.17. The standard InChI is InChI=1S/3Cd.2N/q;;+2;2*-1. The molecule has 0 saturated carbocycles. The van der Waals surface area contributed by atoms with Gasteiger partial charge in [0.25, 0.3) is 0 Å². The first-order chi connectivity index (χ1) is 2.00. The van der Waals surface area contributed by atoms with Crippen molar-refractivity contribution in [3.8, 4) is 0 Å². The Labute approximate surface area is 83.1 Å². The summed E-state index contributed by atoms with van der Waals surface area (Å²) in [7, 11) is 0. The van der Waals surface area contributed by atoms with Crippen LogP contribution in [0.4, 0.5) is 0 Å². The molecule has 0 unspecified atom stereocenters. The molecule has 16 valence electrons. The van der Waals surface area contributed by atoms with Gasteiger partial charge in [-0.25, -0.2) is 0 Å². The van der Waals surface area contributed by atoms with Crippen molar-refractivity contribution < 1.29 is 78.5 Å². The van der Waals surface area contributed by atoms with Gasteiger partial charge in [0.15, 0.2) is 0 Å². The molecule has 0 aliphatic heterocycles. The Bertz CT molecular complexity index is 6.85. The van der Waals surface area contributed by atoms with Crippen LogP contribution in [-0.2, 0) is 78.5 Å². The average Bonchev–Trinajstić information content (AvgIpc) is 1.50. The van der Waals surface area contributed by atoms with Crippen LogP contribution in [0.15, 0.2) is 0 Å². The molecule has 0 heterocycles. The van der Waals surface area contributed by atoms with Crippen molar-refractivity contribution in [3.05, 3.63) is 6.31 Å². The van der Waals surface area contributed by atoms with Crippen LogP contribution in [0.3, 0.4) is 0 Å². The number of nitrogens with zero attached hydrogens (tertiary/aromatic N) is 2. The summed E-state index contributed by atoms with van der Waals surface area (Å²) in [5.74, 6) is 0. The first kappa shape index (κ1) is 15.7. The summed E-state index contributed by atoms with van der Waals surface area (Å²) in [6.45, 7) is 0. The fourth-order valence-electron chi connectivity index (χ4n) is 0. The SMILES string of the molecule is [Cd+2].[N-]=[Cd].[N-]=[Cd]. The third-order valence-electron chi connectivity index (χ3n) is 0. The Hall–Kier alpha value is 2.37. The van der Waals surface area contributed by atoms with Gasteiger partial charge in [-0.05, 0) is 0 Å². The predicted molar refractivity (Wildman–Crippen MR) is 6.72 cm³/mol. The van der Waals surface area contributed by atoms with E-state index >= 15 is 0 Å². The van der Waals surface area contributed by atoms with Gasteiger partial charge in [-0.15, -0.1) is 0 Å². The molecule has 0 aromatic heterocycles. The minimum absolute atomic E-state index is 0. The molecule has 5 heavy (non-hydrogen) atoms. The first-order valence-electron chi connectivity index (χ1n) is 0.632.